The predicted molar refractivity (Wildman–Crippen MR) is 103 cm³/mol. The molecular formula is C19H19N5O3S. The molecule has 0 aliphatic heterocycles. The van der Waals surface area contributed by atoms with Gasteiger partial charge in [0.1, 0.15) is 6.33 Å². The lowest BCUT2D eigenvalue weighted by atomic mass is 10.1. The number of hydrogen-bond donors (Lipinski definition) is 1. The van der Waals surface area contributed by atoms with Crippen molar-refractivity contribution in [1.82, 2.24) is 20.2 Å². The largest absolute Gasteiger partial charge is 0.325 e. The number of aromatic nitrogens is 4. The molecule has 1 aromatic heterocycles. The normalized spacial score (nSPS) is 16.0. The van der Waals surface area contributed by atoms with E-state index in [2.05, 4.69) is 20.8 Å². The van der Waals surface area contributed by atoms with Crippen LogP contribution in [0.4, 0.5) is 5.69 Å². The first kappa shape index (κ1) is 18.3. The van der Waals surface area contributed by atoms with Crippen LogP contribution < -0.4 is 5.32 Å². The molecule has 0 saturated heterocycles. The highest BCUT2D eigenvalue weighted by atomic mass is 32.2. The number of benzene rings is 2. The fraction of sp³-hybridized carbons (Fsp3) is 0.263. The lowest BCUT2D eigenvalue weighted by Gasteiger charge is -2.27. The molecule has 1 aliphatic rings. The Morgan fingerprint density at radius 2 is 1.79 bits per heavy atom. The van der Waals surface area contributed by atoms with E-state index in [9.17, 15) is 13.2 Å². The van der Waals surface area contributed by atoms with Crippen LogP contribution in [0.2, 0.25) is 0 Å². The number of tetrazole rings is 1. The molecule has 0 bridgehead atoms. The molecule has 0 radical (unpaired) electrons. The molecular weight excluding hydrogens is 378 g/mol. The minimum Gasteiger partial charge on any atom is -0.325 e. The third-order valence-electron chi connectivity index (χ3n) is 5.11. The molecule has 144 valence electrons. The van der Waals surface area contributed by atoms with Crippen LogP contribution in [0.15, 0.2) is 65.8 Å². The van der Waals surface area contributed by atoms with E-state index < -0.39 is 20.5 Å². The number of nitrogens with one attached hydrogen (secondary N) is 1. The van der Waals surface area contributed by atoms with E-state index >= 15 is 0 Å². The number of hydrogen-bond acceptors (Lipinski definition) is 6. The van der Waals surface area contributed by atoms with Gasteiger partial charge < -0.3 is 5.32 Å². The molecule has 1 heterocycles. The predicted octanol–water partition coefficient (Wildman–Crippen LogP) is 2.39. The third kappa shape index (κ3) is 3.07. The molecule has 3 aromatic rings. The standard InChI is InChI=1S/C19H19N5O3S/c25-18(21-15-7-6-8-16(13-15)24-14-20-22-23-24)19(11-4-5-12-19)28(26,27)17-9-2-1-3-10-17/h1-3,6-10,13-14H,4-5,11-12H2,(H,21,25). The summed E-state index contributed by atoms with van der Waals surface area (Å²) in [6.07, 6.45) is 3.46. The monoisotopic (exact) mass is 397 g/mol. The summed E-state index contributed by atoms with van der Waals surface area (Å²) in [6.45, 7) is 0. The zero-order valence-corrected chi connectivity index (χ0v) is 15.8. The average Bonchev–Trinajstić information content (AvgIpc) is 3.42. The van der Waals surface area contributed by atoms with Crippen molar-refractivity contribution in [2.75, 3.05) is 5.32 Å². The number of amides is 1. The second kappa shape index (κ2) is 7.16. The van der Waals surface area contributed by atoms with Crippen molar-refractivity contribution in [3.63, 3.8) is 0 Å². The summed E-state index contributed by atoms with van der Waals surface area (Å²) in [7, 11) is -3.82. The fourth-order valence-electron chi connectivity index (χ4n) is 3.64. The molecule has 1 N–H and O–H groups in total. The number of sulfone groups is 1. The molecule has 1 saturated carbocycles. The Morgan fingerprint density at radius 1 is 1.04 bits per heavy atom. The van der Waals surface area contributed by atoms with Crippen molar-refractivity contribution in [3.05, 3.63) is 60.9 Å². The second-order valence-corrected chi connectivity index (χ2v) is 9.04. The Morgan fingerprint density at radius 3 is 2.46 bits per heavy atom. The number of nitrogens with zero attached hydrogens (tertiary/aromatic N) is 4. The van der Waals surface area contributed by atoms with Crippen LogP contribution in [0, 0.1) is 0 Å². The molecule has 1 aliphatic carbocycles. The zero-order chi connectivity index (χ0) is 19.6. The van der Waals surface area contributed by atoms with Gasteiger partial charge in [-0.15, -0.1) is 5.10 Å². The lowest BCUT2D eigenvalue weighted by Crippen LogP contribution is -2.47. The van der Waals surface area contributed by atoms with Crippen LogP contribution in [0.3, 0.4) is 0 Å². The molecule has 2 aromatic carbocycles. The average molecular weight is 397 g/mol. The van der Waals surface area contributed by atoms with E-state index in [0.29, 0.717) is 37.1 Å². The van der Waals surface area contributed by atoms with Gasteiger partial charge in [0.2, 0.25) is 5.91 Å². The molecule has 0 unspecified atom stereocenters. The Balaban J connectivity index is 1.66. The number of rotatable bonds is 5. The van der Waals surface area contributed by atoms with E-state index in [1.807, 2.05) is 0 Å². The van der Waals surface area contributed by atoms with Crippen LogP contribution in [0.1, 0.15) is 25.7 Å². The summed E-state index contributed by atoms with van der Waals surface area (Å²) in [5.41, 5.74) is 1.15. The van der Waals surface area contributed by atoms with Crippen LogP contribution >= 0.6 is 0 Å². The van der Waals surface area contributed by atoms with Gasteiger partial charge in [0.15, 0.2) is 14.6 Å². The second-order valence-electron chi connectivity index (χ2n) is 6.78. The van der Waals surface area contributed by atoms with E-state index in [1.165, 1.54) is 11.0 Å². The maximum Gasteiger partial charge on any atom is 0.246 e. The Kier molecular flexibility index (Phi) is 4.68. The van der Waals surface area contributed by atoms with Crippen molar-refractivity contribution in [2.45, 2.75) is 35.3 Å². The van der Waals surface area contributed by atoms with E-state index in [-0.39, 0.29) is 4.90 Å². The minimum absolute atomic E-state index is 0.175. The van der Waals surface area contributed by atoms with Crippen molar-refractivity contribution < 1.29 is 13.2 Å². The molecule has 1 fully saturated rings. The maximum atomic E-state index is 13.4. The molecule has 0 atom stereocenters. The summed E-state index contributed by atoms with van der Waals surface area (Å²) in [6, 6.07) is 15.1. The van der Waals surface area contributed by atoms with Crippen LogP contribution in [-0.2, 0) is 14.6 Å². The van der Waals surface area contributed by atoms with Crippen LogP contribution in [0.5, 0.6) is 0 Å². The van der Waals surface area contributed by atoms with Crippen molar-refractivity contribution >= 4 is 21.4 Å². The molecule has 0 spiro atoms. The number of carbonyl (C=O) groups is 1. The first-order valence-corrected chi connectivity index (χ1v) is 10.5. The van der Waals surface area contributed by atoms with Gasteiger partial charge >= 0.3 is 0 Å². The maximum absolute atomic E-state index is 13.4. The van der Waals surface area contributed by atoms with Gasteiger partial charge in [0.05, 0.1) is 10.6 Å². The van der Waals surface area contributed by atoms with E-state index in [0.717, 1.165) is 0 Å². The van der Waals surface area contributed by atoms with Crippen LogP contribution in [0.25, 0.3) is 5.69 Å². The summed E-state index contributed by atoms with van der Waals surface area (Å²) in [5.74, 6) is -0.497. The first-order valence-electron chi connectivity index (χ1n) is 8.97. The van der Waals surface area contributed by atoms with Gasteiger partial charge in [-0.1, -0.05) is 37.1 Å². The SMILES string of the molecule is O=C(Nc1cccc(-n2cnnn2)c1)C1(S(=O)(=O)c2ccccc2)CCCC1. The van der Waals surface area contributed by atoms with Gasteiger partial charge in [-0.2, -0.15) is 0 Å². The zero-order valence-electron chi connectivity index (χ0n) is 15.0. The third-order valence-corrected chi connectivity index (χ3v) is 7.63. The van der Waals surface area contributed by atoms with Gasteiger partial charge in [-0.25, -0.2) is 13.1 Å². The Bertz CT molecular complexity index is 1080. The van der Waals surface area contributed by atoms with Gasteiger partial charge in [0.25, 0.3) is 0 Å². The number of anilines is 1. The Hall–Kier alpha value is -3.07. The molecule has 8 nitrogen and oxygen atoms in total. The van der Waals surface area contributed by atoms with E-state index in [1.54, 1.807) is 54.6 Å². The summed E-state index contributed by atoms with van der Waals surface area (Å²) in [4.78, 5) is 13.4. The first-order chi connectivity index (χ1) is 13.5. The summed E-state index contributed by atoms with van der Waals surface area (Å²) >= 11 is 0. The van der Waals surface area contributed by atoms with Crippen LogP contribution in [-0.4, -0.2) is 39.3 Å². The quantitative estimate of drug-likeness (QED) is 0.708. The smallest absolute Gasteiger partial charge is 0.246 e. The van der Waals surface area contributed by atoms with Crippen molar-refractivity contribution in [2.24, 2.45) is 0 Å². The minimum atomic E-state index is -3.82. The Labute approximate surface area is 162 Å². The highest BCUT2D eigenvalue weighted by Gasteiger charge is 2.52. The van der Waals surface area contributed by atoms with Gasteiger partial charge in [-0.3, -0.25) is 4.79 Å². The summed E-state index contributed by atoms with van der Waals surface area (Å²) in [5, 5.41) is 13.8. The topological polar surface area (TPSA) is 107 Å². The highest BCUT2D eigenvalue weighted by molar-refractivity contribution is 7.93. The van der Waals surface area contributed by atoms with Gasteiger partial charge in [0, 0.05) is 5.69 Å². The molecule has 1 amide bonds. The molecule has 28 heavy (non-hydrogen) atoms. The van der Waals surface area contributed by atoms with Gasteiger partial charge in [-0.05, 0) is 53.6 Å². The van der Waals surface area contributed by atoms with Crippen molar-refractivity contribution in [1.29, 1.82) is 0 Å². The lowest BCUT2D eigenvalue weighted by molar-refractivity contribution is -0.118. The highest BCUT2D eigenvalue weighted by Crippen LogP contribution is 2.41. The molecule has 4 rings (SSSR count). The molecule has 9 heteroatoms. The van der Waals surface area contributed by atoms with E-state index in [4.69, 9.17) is 0 Å². The summed E-state index contributed by atoms with van der Waals surface area (Å²) < 4.78 is 26.7. The number of carbonyl (C=O) groups excluding carboxylic acids is 1. The fourth-order valence-corrected chi connectivity index (χ4v) is 5.73. The van der Waals surface area contributed by atoms with Crippen molar-refractivity contribution in [3.8, 4) is 5.69 Å².